The second kappa shape index (κ2) is 4.00. The molecular formula is C13H16N2O. The summed E-state index contributed by atoms with van der Waals surface area (Å²) in [4.78, 5) is 4.17. The molecule has 0 aliphatic heterocycles. The second-order valence-electron chi connectivity index (χ2n) is 3.98. The highest BCUT2D eigenvalue weighted by Gasteiger charge is 2.12. The smallest absolute Gasteiger partial charge is 0.292 e. The lowest BCUT2D eigenvalue weighted by molar-refractivity contribution is 0.593. The van der Waals surface area contributed by atoms with Crippen molar-refractivity contribution >= 4 is 6.01 Å². The fraction of sp³-hybridized carbons (Fsp3) is 0.308. The van der Waals surface area contributed by atoms with Crippen LogP contribution in [0.25, 0.3) is 11.3 Å². The van der Waals surface area contributed by atoms with E-state index in [0.29, 0.717) is 0 Å². The van der Waals surface area contributed by atoms with Gasteiger partial charge in [0.25, 0.3) is 6.01 Å². The lowest BCUT2D eigenvalue weighted by Crippen LogP contribution is -1.87. The molecule has 2 N–H and O–H groups in total. The minimum absolute atomic E-state index is 0.241. The second-order valence-corrected chi connectivity index (χ2v) is 3.98. The van der Waals surface area contributed by atoms with E-state index in [1.54, 1.807) is 0 Å². The van der Waals surface area contributed by atoms with Gasteiger partial charge in [-0.15, -0.1) is 0 Å². The van der Waals surface area contributed by atoms with Gasteiger partial charge in [-0.25, -0.2) is 0 Å². The van der Waals surface area contributed by atoms with Crippen molar-refractivity contribution in [3.05, 3.63) is 35.0 Å². The summed E-state index contributed by atoms with van der Waals surface area (Å²) in [6.07, 6.45) is 0.822. The Balaban J connectivity index is 2.53. The van der Waals surface area contributed by atoms with Crippen LogP contribution in [0.1, 0.15) is 23.7 Å². The van der Waals surface area contributed by atoms with Crippen molar-refractivity contribution in [2.45, 2.75) is 27.2 Å². The minimum atomic E-state index is 0.241. The molecule has 2 rings (SSSR count). The maximum atomic E-state index is 5.58. The average Bonchev–Trinajstić information content (AvgIpc) is 2.63. The Hall–Kier alpha value is -1.77. The molecule has 0 amide bonds. The van der Waals surface area contributed by atoms with Crippen LogP contribution in [0.3, 0.4) is 0 Å². The van der Waals surface area contributed by atoms with E-state index in [1.165, 1.54) is 11.1 Å². The molecule has 0 atom stereocenters. The maximum Gasteiger partial charge on any atom is 0.292 e. The van der Waals surface area contributed by atoms with E-state index < -0.39 is 0 Å². The first-order valence-electron chi connectivity index (χ1n) is 5.44. The van der Waals surface area contributed by atoms with Gasteiger partial charge in [0, 0.05) is 5.56 Å². The lowest BCUT2D eigenvalue weighted by Gasteiger charge is -2.03. The Morgan fingerprint density at radius 1 is 1.25 bits per heavy atom. The van der Waals surface area contributed by atoms with Crippen LogP contribution >= 0.6 is 0 Å². The lowest BCUT2D eigenvalue weighted by atomic mass is 10.0. The quantitative estimate of drug-likeness (QED) is 0.839. The van der Waals surface area contributed by atoms with Gasteiger partial charge in [0.05, 0.1) is 5.69 Å². The largest absolute Gasteiger partial charge is 0.423 e. The van der Waals surface area contributed by atoms with Gasteiger partial charge in [-0.05, 0) is 37.5 Å². The first kappa shape index (κ1) is 10.7. The molecule has 3 heteroatoms. The van der Waals surface area contributed by atoms with Crippen LogP contribution < -0.4 is 5.73 Å². The van der Waals surface area contributed by atoms with Crippen molar-refractivity contribution < 1.29 is 4.42 Å². The molecule has 2 aromatic rings. The molecule has 0 bridgehead atoms. The summed E-state index contributed by atoms with van der Waals surface area (Å²) in [6.45, 7) is 6.22. The zero-order valence-corrected chi connectivity index (χ0v) is 9.87. The number of nitrogen functional groups attached to an aromatic ring is 1. The van der Waals surface area contributed by atoms with Crippen LogP contribution in [0, 0.1) is 13.8 Å². The molecule has 1 aromatic heterocycles. The summed E-state index contributed by atoms with van der Waals surface area (Å²) >= 11 is 0. The summed E-state index contributed by atoms with van der Waals surface area (Å²) in [5.41, 5.74) is 10.1. The van der Waals surface area contributed by atoms with Crippen LogP contribution in [-0.4, -0.2) is 4.98 Å². The molecule has 84 valence electrons. The monoisotopic (exact) mass is 216 g/mol. The third-order valence-electron chi connectivity index (χ3n) is 2.82. The Morgan fingerprint density at radius 3 is 2.62 bits per heavy atom. The molecule has 1 aromatic carbocycles. The molecular weight excluding hydrogens is 200 g/mol. The summed E-state index contributed by atoms with van der Waals surface area (Å²) < 4.78 is 5.45. The highest BCUT2D eigenvalue weighted by atomic mass is 16.4. The average molecular weight is 216 g/mol. The third-order valence-corrected chi connectivity index (χ3v) is 2.82. The number of nitrogens with zero attached hydrogens (tertiary/aromatic N) is 1. The van der Waals surface area contributed by atoms with Crippen molar-refractivity contribution in [2.24, 2.45) is 0 Å². The van der Waals surface area contributed by atoms with E-state index in [2.05, 4.69) is 31.0 Å². The van der Waals surface area contributed by atoms with Crippen molar-refractivity contribution in [3.8, 4) is 11.3 Å². The Labute approximate surface area is 95.3 Å². The summed E-state index contributed by atoms with van der Waals surface area (Å²) in [5, 5.41) is 0. The number of nitrogens with two attached hydrogens (primary N) is 1. The van der Waals surface area contributed by atoms with Gasteiger partial charge in [0.2, 0.25) is 0 Å². The fourth-order valence-corrected chi connectivity index (χ4v) is 1.72. The molecule has 0 spiro atoms. The van der Waals surface area contributed by atoms with Crippen molar-refractivity contribution in [3.63, 3.8) is 0 Å². The Kier molecular flexibility index (Phi) is 2.69. The number of aryl methyl sites for hydroxylation is 3. The Bertz CT molecular complexity index is 515. The van der Waals surface area contributed by atoms with Gasteiger partial charge >= 0.3 is 0 Å². The third kappa shape index (κ3) is 1.81. The predicted molar refractivity (Wildman–Crippen MR) is 65.2 cm³/mol. The molecule has 0 saturated heterocycles. The molecule has 0 aliphatic rings. The molecule has 1 heterocycles. The predicted octanol–water partition coefficient (Wildman–Crippen LogP) is 3.10. The molecule has 0 aliphatic carbocycles. The van der Waals surface area contributed by atoms with Gasteiger partial charge in [-0.2, -0.15) is 4.98 Å². The SMILES string of the molecule is CCc1nc(N)oc1-c1ccc(C)c(C)c1. The molecule has 0 unspecified atom stereocenters. The number of anilines is 1. The number of aromatic nitrogens is 1. The summed E-state index contributed by atoms with van der Waals surface area (Å²) in [5.74, 6) is 0.795. The van der Waals surface area contributed by atoms with Crippen molar-refractivity contribution in [1.29, 1.82) is 0 Å². The van der Waals surface area contributed by atoms with Gasteiger partial charge in [-0.1, -0.05) is 19.1 Å². The van der Waals surface area contributed by atoms with Crippen LogP contribution in [0.2, 0.25) is 0 Å². The number of hydrogen-bond acceptors (Lipinski definition) is 3. The van der Waals surface area contributed by atoms with Crippen molar-refractivity contribution in [1.82, 2.24) is 4.98 Å². The van der Waals surface area contributed by atoms with Gasteiger partial charge in [-0.3, -0.25) is 0 Å². The number of oxazole rings is 1. The summed E-state index contributed by atoms with van der Waals surface area (Å²) in [6, 6.07) is 6.48. The topological polar surface area (TPSA) is 52.0 Å². The van der Waals surface area contributed by atoms with Crippen LogP contribution in [0.5, 0.6) is 0 Å². The number of rotatable bonds is 2. The first-order valence-corrected chi connectivity index (χ1v) is 5.44. The van der Waals surface area contributed by atoms with Crippen molar-refractivity contribution in [2.75, 3.05) is 5.73 Å². The zero-order chi connectivity index (χ0) is 11.7. The molecule has 16 heavy (non-hydrogen) atoms. The number of hydrogen-bond donors (Lipinski definition) is 1. The van der Waals surface area contributed by atoms with Gasteiger partial charge in [0.15, 0.2) is 5.76 Å². The molecule has 0 radical (unpaired) electrons. The minimum Gasteiger partial charge on any atom is -0.423 e. The van der Waals surface area contributed by atoms with E-state index in [0.717, 1.165) is 23.4 Å². The Morgan fingerprint density at radius 2 is 2.00 bits per heavy atom. The number of benzene rings is 1. The zero-order valence-electron chi connectivity index (χ0n) is 9.87. The van der Waals surface area contributed by atoms with E-state index in [-0.39, 0.29) is 6.01 Å². The highest BCUT2D eigenvalue weighted by molar-refractivity contribution is 5.62. The van der Waals surface area contributed by atoms with Crippen LogP contribution in [-0.2, 0) is 6.42 Å². The van der Waals surface area contributed by atoms with Gasteiger partial charge in [0.1, 0.15) is 0 Å². The van der Waals surface area contributed by atoms with E-state index in [9.17, 15) is 0 Å². The molecule has 0 fully saturated rings. The normalized spacial score (nSPS) is 10.7. The van der Waals surface area contributed by atoms with E-state index in [1.807, 2.05) is 13.0 Å². The first-order chi connectivity index (χ1) is 7.61. The molecule has 0 saturated carbocycles. The maximum absolute atomic E-state index is 5.58. The molecule has 3 nitrogen and oxygen atoms in total. The van der Waals surface area contributed by atoms with E-state index in [4.69, 9.17) is 10.2 Å². The van der Waals surface area contributed by atoms with Gasteiger partial charge < -0.3 is 10.2 Å². The van der Waals surface area contributed by atoms with E-state index >= 15 is 0 Å². The van der Waals surface area contributed by atoms with Crippen LogP contribution in [0.4, 0.5) is 6.01 Å². The summed E-state index contributed by atoms with van der Waals surface area (Å²) in [7, 11) is 0. The van der Waals surface area contributed by atoms with Crippen LogP contribution in [0.15, 0.2) is 22.6 Å². The fourth-order valence-electron chi connectivity index (χ4n) is 1.72. The standard InChI is InChI=1S/C13H16N2O/c1-4-11-12(16-13(14)15-11)10-6-5-8(2)9(3)7-10/h5-7H,4H2,1-3H3,(H2,14,15). The highest BCUT2D eigenvalue weighted by Crippen LogP contribution is 2.27.